The third-order valence-electron chi connectivity index (χ3n) is 5.03. The van der Waals surface area contributed by atoms with Gasteiger partial charge in [0, 0.05) is 17.4 Å². The summed E-state index contributed by atoms with van der Waals surface area (Å²) in [5, 5.41) is 7.68. The van der Waals surface area contributed by atoms with E-state index in [1.54, 1.807) is 30.3 Å². The first-order valence-electron chi connectivity index (χ1n) is 9.30. The molecule has 4 aromatic rings. The Morgan fingerprint density at radius 3 is 2.53 bits per heavy atom. The molecule has 1 aliphatic rings. The first-order valence-corrected chi connectivity index (χ1v) is 12.0. The van der Waals surface area contributed by atoms with Crippen LogP contribution in [0.5, 0.6) is 0 Å². The Morgan fingerprint density at radius 1 is 1.00 bits per heavy atom. The van der Waals surface area contributed by atoms with Crippen molar-refractivity contribution in [3.8, 4) is 0 Å². The average molecular weight is 454 g/mol. The van der Waals surface area contributed by atoms with Crippen LogP contribution in [-0.2, 0) is 10.0 Å². The van der Waals surface area contributed by atoms with Crippen molar-refractivity contribution >= 4 is 49.6 Å². The average Bonchev–Trinajstić information content (AvgIpc) is 3.44. The standard InChI is InChI=1S/C22H16ClN3O2S2/c23-22-17(13-15-7-4-5-10-18(15)24-22)20-14-19(21-11-6-12-29-21)25-26(20)30(27,28)16-8-2-1-3-9-16/h1-13,20H,14H2. The Balaban J connectivity index is 1.66. The maximum absolute atomic E-state index is 13.5. The molecule has 0 N–H and O–H groups in total. The Morgan fingerprint density at radius 2 is 1.77 bits per heavy atom. The number of thiophene rings is 1. The van der Waals surface area contributed by atoms with Gasteiger partial charge in [-0.05, 0) is 35.7 Å². The molecule has 0 bridgehead atoms. The van der Waals surface area contributed by atoms with E-state index in [1.807, 2.05) is 47.8 Å². The quantitative estimate of drug-likeness (QED) is 0.384. The van der Waals surface area contributed by atoms with Crippen LogP contribution >= 0.6 is 22.9 Å². The molecule has 2 aromatic carbocycles. The van der Waals surface area contributed by atoms with Crippen LogP contribution in [0.2, 0.25) is 5.15 Å². The molecule has 30 heavy (non-hydrogen) atoms. The minimum absolute atomic E-state index is 0.191. The fourth-order valence-corrected chi connectivity index (χ4v) is 6.02. The second kappa shape index (κ2) is 7.50. The minimum Gasteiger partial charge on any atom is -0.236 e. The van der Waals surface area contributed by atoms with E-state index in [0.29, 0.717) is 12.0 Å². The van der Waals surface area contributed by atoms with Crippen molar-refractivity contribution in [1.29, 1.82) is 0 Å². The van der Waals surface area contributed by atoms with Gasteiger partial charge in [0.15, 0.2) is 0 Å². The first kappa shape index (κ1) is 19.2. The lowest BCUT2D eigenvalue weighted by Crippen LogP contribution is -2.27. The number of hydrazone groups is 1. The van der Waals surface area contributed by atoms with Crippen molar-refractivity contribution in [3.05, 3.63) is 93.8 Å². The number of rotatable bonds is 4. The van der Waals surface area contributed by atoms with Crippen LogP contribution < -0.4 is 0 Å². The van der Waals surface area contributed by atoms with Gasteiger partial charge in [-0.25, -0.2) is 4.98 Å². The van der Waals surface area contributed by atoms with E-state index in [-0.39, 0.29) is 10.0 Å². The van der Waals surface area contributed by atoms with E-state index in [9.17, 15) is 8.42 Å². The van der Waals surface area contributed by atoms with Crippen LogP contribution in [0.3, 0.4) is 0 Å². The SMILES string of the molecule is O=S(=O)(c1ccccc1)N1N=C(c2cccs2)CC1c1cc2ccccc2nc1Cl. The van der Waals surface area contributed by atoms with Crippen LogP contribution in [0, 0.1) is 0 Å². The number of hydrogen-bond donors (Lipinski definition) is 0. The van der Waals surface area contributed by atoms with Gasteiger partial charge in [0.05, 0.1) is 27.0 Å². The van der Waals surface area contributed by atoms with Crippen LogP contribution in [0.4, 0.5) is 0 Å². The summed E-state index contributed by atoms with van der Waals surface area (Å²) in [6.45, 7) is 0. The molecule has 150 valence electrons. The van der Waals surface area contributed by atoms with Gasteiger partial charge in [0.1, 0.15) is 5.15 Å². The van der Waals surface area contributed by atoms with Crippen molar-refractivity contribution in [1.82, 2.24) is 9.40 Å². The third-order valence-corrected chi connectivity index (χ3v) is 7.95. The Hall–Kier alpha value is -2.74. The van der Waals surface area contributed by atoms with Gasteiger partial charge < -0.3 is 0 Å². The molecule has 0 fully saturated rings. The molecule has 2 aromatic heterocycles. The van der Waals surface area contributed by atoms with Crippen molar-refractivity contribution < 1.29 is 8.42 Å². The number of nitrogens with zero attached hydrogens (tertiary/aromatic N) is 3. The van der Waals surface area contributed by atoms with Crippen molar-refractivity contribution in [2.24, 2.45) is 5.10 Å². The second-order valence-corrected chi connectivity index (χ2v) is 10.00. The van der Waals surface area contributed by atoms with Crippen molar-refractivity contribution in [2.45, 2.75) is 17.4 Å². The number of sulfonamides is 1. The van der Waals surface area contributed by atoms with E-state index in [4.69, 9.17) is 11.6 Å². The van der Waals surface area contributed by atoms with E-state index < -0.39 is 16.1 Å². The number of fused-ring (bicyclic) bond motifs is 1. The molecule has 0 amide bonds. The van der Waals surface area contributed by atoms with Crippen LogP contribution in [0.1, 0.15) is 22.9 Å². The maximum Gasteiger partial charge on any atom is 0.279 e. The Bertz CT molecular complexity index is 1350. The summed E-state index contributed by atoms with van der Waals surface area (Å²) in [7, 11) is -3.87. The highest BCUT2D eigenvalue weighted by Crippen LogP contribution is 2.40. The lowest BCUT2D eigenvalue weighted by atomic mass is 10.0. The van der Waals surface area contributed by atoms with E-state index in [0.717, 1.165) is 21.5 Å². The second-order valence-electron chi connectivity index (χ2n) is 6.90. The number of halogens is 1. The van der Waals surface area contributed by atoms with Crippen LogP contribution in [0.25, 0.3) is 10.9 Å². The molecule has 0 radical (unpaired) electrons. The highest BCUT2D eigenvalue weighted by Gasteiger charge is 2.39. The fraction of sp³-hybridized carbons (Fsp3) is 0.0909. The van der Waals surface area contributed by atoms with Gasteiger partial charge in [-0.2, -0.15) is 17.9 Å². The highest BCUT2D eigenvalue weighted by molar-refractivity contribution is 7.89. The molecule has 0 spiro atoms. The van der Waals surface area contributed by atoms with Crippen LogP contribution in [-0.4, -0.2) is 23.5 Å². The number of benzene rings is 2. The summed E-state index contributed by atoms with van der Waals surface area (Å²) in [6, 6.07) is 21.2. The molecule has 1 atom stereocenters. The highest BCUT2D eigenvalue weighted by atomic mass is 35.5. The summed E-state index contributed by atoms with van der Waals surface area (Å²) >= 11 is 8.07. The van der Waals surface area contributed by atoms with Crippen molar-refractivity contribution in [2.75, 3.05) is 0 Å². The molecule has 5 nitrogen and oxygen atoms in total. The number of aromatic nitrogens is 1. The molecular formula is C22H16ClN3O2S2. The summed E-state index contributed by atoms with van der Waals surface area (Å²) in [6.07, 6.45) is 0.423. The van der Waals surface area contributed by atoms with Crippen molar-refractivity contribution in [3.63, 3.8) is 0 Å². The smallest absolute Gasteiger partial charge is 0.236 e. The molecule has 8 heteroatoms. The van der Waals surface area contributed by atoms with Gasteiger partial charge in [0.25, 0.3) is 10.0 Å². The largest absolute Gasteiger partial charge is 0.279 e. The number of hydrogen-bond acceptors (Lipinski definition) is 5. The van der Waals surface area contributed by atoms with Gasteiger partial charge in [0.2, 0.25) is 0 Å². The zero-order valence-electron chi connectivity index (χ0n) is 15.6. The minimum atomic E-state index is -3.87. The Kier molecular flexibility index (Phi) is 4.81. The molecule has 0 saturated heterocycles. The lowest BCUT2D eigenvalue weighted by Gasteiger charge is -2.24. The molecule has 1 unspecified atom stereocenters. The van der Waals surface area contributed by atoms with E-state index in [1.165, 1.54) is 15.8 Å². The molecule has 5 rings (SSSR count). The molecule has 0 saturated carbocycles. The summed E-state index contributed by atoms with van der Waals surface area (Å²) in [5.41, 5.74) is 2.13. The van der Waals surface area contributed by atoms with E-state index >= 15 is 0 Å². The van der Waals surface area contributed by atoms with Gasteiger partial charge >= 0.3 is 0 Å². The topological polar surface area (TPSA) is 62.6 Å². The van der Waals surface area contributed by atoms with Gasteiger partial charge in [-0.1, -0.05) is 54.1 Å². The van der Waals surface area contributed by atoms with E-state index in [2.05, 4.69) is 10.1 Å². The fourth-order valence-electron chi connectivity index (χ4n) is 3.58. The predicted octanol–water partition coefficient (Wildman–Crippen LogP) is 5.49. The number of pyridine rings is 1. The molecule has 0 aliphatic carbocycles. The molecular weight excluding hydrogens is 438 g/mol. The maximum atomic E-state index is 13.5. The summed E-state index contributed by atoms with van der Waals surface area (Å²) < 4.78 is 28.1. The normalized spacial score (nSPS) is 16.8. The molecule has 3 heterocycles. The summed E-state index contributed by atoms with van der Waals surface area (Å²) in [5.74, 6) is 0. The zero-order valence-corrected chi connectivity index (χ0v) is 18.0. The van der Waals surface area contributed by atoms with Gasteiger partial charge in [-0.15, -0.1) is 11.3 Å². The Labute approximate surface area is 183 Å². The van der Waals surface area contributed by atoms with Gasteiger partial charge in [-0.3, -0.25) is 0 Å². The third kappa shape index (κ3) is 3.29. The number of para-hydroxylation sites is 1. The molecule has 1 aliphatic heterocycles. The lowest BCUT2D eigenvalue weighted by molar-refractivity contribution is 0.371. The van der Waals surface area contributed by atoms with Crippen LogP contribution in [0.15, 0.2) is 88.2 Å². The first-order chi connectivity index (χ1) is 14.5. The zero-order chi connectivity index (χ0) is 20.7. The predicted molar refractivity (Wildman–Crippen MR) is 120 cm³/mol. The monoisotopic (exact) mass is 453 g/mol. The summed E-state index contributed by atoms with van der Waals surface area (Å²) in [4.78, 5) is 5.62.